The van der Waals surface area contributed by atoms with Crippen molar-refractivity contribution >= 4 is 17.2 Å². The zero-order chi connectivity index (χ0) is 13.9. The molecule has 0 radical (unpaired) electrons. The van der Waals surface area contributed by atoms with E-state index in [-0.39, 0.29) is 6.42 Å². The third-order valence-corrected chi connectivity index (χ3v) is 2.26. The molecule has 0 saturated carbocycles. The van der Waals surface area contributed by atoms with Crippen LogP contribution < -0.4 is 0 Å². The molecule has 0 spiro atoms. The van der Waals surface area contributed by atoms with Gasteiger partial charge in [0.05, 0.1) is 21.5 Å². The summed E-state index contributed by atoms with van der Waals surface area (Å²) < 4.78 is 0. The number of ketones is 1. The molecule has 18 heavy (non-hydrogen) atoms. The number of phenols is 1. The molecule has 8 heteroatoms. The van der Waals surface area contributed by atoms with Crippen LogP contribution in [0.25, 0.3) is 0 Å². The SMILES string of the molecule is CCCC(=O)c1cc([N+](=O)[O-])cc([N+](=O)[O-])c1O. The lowest BCUT2D eigenvalue weighted by Gasteiger charge is -2.03. The molecule has 0 amide bonds. The molecule has 0 bridgehead atoms. The van der Waals surface area contributed by atoms with Crippen LogP contribution in [0, 0.1) is 20.2 Å². The summed E-state index contributed by atoms with van der Waals surface area (Å²) in [5.74, 6) is -1.40. The highest BCUT2D eigenvalue weighted by Crippen LogP contribution is 2.35. The molecular formula is C10H10N2O6. The second-order valence-corrected chi connectivity index (χ2v) is 3.55. The van der Waals surface area contributed by atoms with Crippen molar-refractivity contribution in [2.75, 3.05) is 0 Å². The fraction of sp³-hybridized carbons (Fsp3) is 0.300. The van der Waals surface area contributed by atoms with E-state index in [0.29, 0.717) is 12.5 Å². The highest BCUT2D eigenvalue weighted by molar-refractivity contribution is 6.00. The maximum absolute atomic E-state index is 11.6. The van der Waals surface area contributed by atoms with Gasteiger partial charge < -0.3 is 5.11 Å². The smallest absolute Gasteiger partial charge is 0.318 e. The van der Waals surface area contributed by atoms with Crippen molar-refractivity contribution in [3.05, 3.63) is 37.9 Å². The Labute approximate surface area is 101 Å². The second-order valence-electron chi connectivity index (χ2n) is 3.55. The van der Waals surface area contributed by atoms with Gasteiger partial charge in [-0.2, -0.15) is 0 Å². The molecule has 1 aromatic rings. The van der Waals surface area contributed by atoms with Crippen LogP contribution in [0.1, 0.15) is 30.1 Å². The normalized spacial score (nSPS) is 10.1. The third-order valence-electron chi connectivity index (χ3n) is 2.26. The van der Waals surface area contributed by atoms with E-state index in [1.165, 1.54) is 0 Å². The minimum absolute atomic E-state index is 0.0475. The number of phenolic OH excluding ortho intramolecular Hbond substituents is 1. The zero-order valence-corrected chi connectivity index (χ0v) is 9.45. The number of nitro benzene ring substituents is 2. The Morgan fingerprint density at radius 3 is 2.33 bits per heavy atom. The molecule has 8 nitrogen and oxygen atoms in total. The van der Waals surface area contributed by atoms with Crippen LogP contribution in [0.5, 0.6) is 5.75 Å². The maximum Gasteiger partial charge on any atom is 0.318 e. The largest absolute Gasteiger partial charge is 0.502 e. The van der Waals surface area contributed by atoms with Crippen molar-refractivity contribution < 1.29 is 19.7 Å². The summed E-state index contributed by atoms with van der Waals surface area (Å²) in [7, 11) is 0. The summed E-state index contributed by atoms with van der Waals surface area (Å²) in [5.41, 5.74) is -1.83. The molecule has 0 saturated heterocycles. The number of nitrogens with zero attached hydrogens (tertiary/aromatic N) is 2. The molecule has 0 aliphatic heterocycles. The minimum atomic E-state index is -0.967. The summed E-state index contributed by atoms with van der Waals surface area (Å²) in [6.45, 7) is 1.71. The standard InChI is InChI=1S/C10H10N2O6/c1-2-3-9(13)7-4-6(11(15)16)5-8(10(7)14)12(17)18/h4-5,14H,2-3H2,1H3. The highest BCUT2D eigenvalue weighted by Gasteiger charge is 2.26. The van der Waals surface area contributed by atoms with E-state index >= 15 is 0 Å². The van der Waals surface area contributed by atoms with E-state index in [4.69, 9.17) is 0 Å². The molecule has 0 unspecified atom stereocenters. The van der Waals surface area contributed by atoms with Gasteiger partial charge in [0.25, 0.3) is 5.69 Å². The van der Waals surface area contributed by atoms with Gasteiger partial charge in [0, 0.05) is 12.5 Å². The average molecular weight is 254 g/mol. The quantitative estimate of drug-likeness (QED) is 0.487. The van der Waals surface area contributed by atoms with E-state index < -0.39 is 38.3 Å². The second kappa shape index (κ2) is 5.21. The van der Waals surface area contributed by atoms with Crippen LogP contribution in [0.4, 0.5) is 11.4 Å². The molecule has 1 N–H and O–H groups in total. The average Bonchev–Trinajstić information content (AvgIpc) is 2.28. The van der Waals surface area contributed by atoms with Crippen molar-refractivity contribution in [2.24, 2.45) is 0 Å². The first-order valence-corrected chi connectivity index (χ1v) is 5.07. The Morgan fingerprint density at radius 2 is 1.89 bits per heavy atom. The summed E-state index contributed by atoms with van der Waals surface area (Å²) in [5, 5.41) is 30.8. The fourth-order valence-corrected chi connectivity index (χ4v) is 1.42. The Balaban J connectivity index is 3.45. The molecule has 0 heterocycles. The summed E-state index contributed by atoms with van der Waals surface area (Å²) >= 11 is 0. The Kier molecular flexibility index (Phi) is 3.93. The van der Waals surface area contributed by atoms with Crippen LogP contribution in [-0.4, -0.2) is 20.7 Å². The number of aromatic hydroxyl groups is 1. The maximum atomic E-state index is 11.6. The molecule has 1 rings (SSSR count). The number of hydrogen-bond donors (Lipinski definition) is 1. The van der Waals surface area contributed by atoms with Crippen molar-refractivity contribution in [3.8, 4) is 5.75 Å². The van der Waals surface area contributed by atoms with Crippen molar-refractivity contribution in [3.63, 3.8) is 0 Å². The van der Waals surface area contributed by atoms with Gasteiger partial charge in [0.2, 0.25) is 5.75 Å². The molecule has 0 fully saturated rings. The molecule has 0 aromatic heterocycles. The van der Waals surface area contributed by atoms with Gasteiger partial charge in [-0.05, 0) is 6.42 Å². The number of non-ortho nitro benzene ring substituents is 1. The van der Waals surface area contributed by atoms with Crippen molar-refractivity contribution in [1.82, 2.24) is 0 Å². The number of benzene rings is 1. The number of carbonyl (C=O) groups is 1. The predicted molar refractivity (Wildman–Crippen MR) is 60.7 cm³/mol. The Hall–Kier alpha value is -2.51. The lowest BCUT2D eigenvalue weighted by molar-refractivity contribution is -0.394. The van der Waals surface area contributed by atoms with E-state index in [1.54, 1.807) is 6.92 Å². The van der Waals surface area contributed by atoms with Crippen LogP contribution in [0.15, 0.2) is 12.1 Å². The first kappa shape index (κ1) is 13.6. The van der Waals surface area contributed by atoms with E-state index in [0.717, 1.165) is 6.07 Å². The summed E-state index contributed by atoms with van der Waals surface area (Å²) in [6.07, 6.45) is 0.515. The first-order valence-electron chi connectivity index (χ1n) is 5.07. The number of hydrogen-bond acceptors (Lipinski definition) is 6. The third kappa shape index (κ3) is 2.59. The number of Topliss-reactive ketones (excluding diaryl/α,β-unsaturated/α-hetero) is 1. The first-order chi connectivity index (χ1) is 8.38. The topological polar surface area (TPSA) is 124 Å². The van der Waals surface area contributed by atoms with Crippen molar-refractivity contribution in [2.45, 2.75) is 19.8 Å². The summed E-state index contributed by atoms with van der Waals surface area (Å²) in [4.78, 5) is 31.0. The van der Waals surface area contributed by atoms with Gasteiger partial charge in [0.15, 0.2) is 5.78 Å². The van der Waals surface area contributed by atoms with E-state index in [2.05, 4.69) is 0 Å². The lowest BCUT2D eigenvalue weighted by atomic mass is 10.0. The Bertz CT molecular complexity index is 525. The molecule has 1 aromatic carbocycles. The molecular weight excluding hydrogens is 244 g/mol. The predicted octanol–water partition coefficient (Wildman–Crippen LogP) is 2.19. The number of carbonyl (C=O) groups excluding carboxylic acids is 1. The number of nitro groups is 2. The van der Waals surface area contributed by atoms with Crippen LogP contribution in [0.2, 0.25) is 0 Å². The van der Waals surface area contributed by atoms with Crippen LogP contribution in [0.3, 0.4) is 0 Å². The van der Waals surface area contributed by atoms with Gasteiger partial charge in [-0.3, -0.25) is 25.0 Å². The molecule has 0 aliphatic rings. The highest BCUT2D eigenvalue weighted by atomic mass is 16.6. The van der Waals surface area contributed by atoms with E-state index in [9.17, 15) is 30.1 Å². The Morgan fingerprint density at radius 1 is 1.28 bits per heavy atom. The van der Waals surface area contributed by atoms with Crippen LogP contribution >= 0.6 is 0 Å². The van der Waals surface area contributed by atoms with Crippen LogP contribution in [-0.2, 0) is 0 Å². The van der Waals surface area contributed by atoms with E-state index in [1.807, 2.05) is 0 Å². The van der Waals surface area contributed by atoms with Gasteiger partial charge in [-0.1, -0.05) is 6.92 Å². The minimum Gasteiger partial charge on any atom is -0.502 e. The number of rotatable bonds is 5. The molecule has 96 valence electrons. The van der Waals surface area contributed by atoms with Gasteiger partial charge >= 0.3 is 5.69 Å². The van der Waals surface area contributed by atoms with Gasteiger partial charge in [-0.25, -0.2) is 0 Å². The van der Waals surface area contributed by atoms with Gasteiger partial charge in [-0.15, -0.1) is 0 Å². The fourth-order valence-electron chi connectivity index (χ4n) is 1.42. The monoisotopic (exact) mass is 254 g/mol. The lowest BCUT2D eigenvalue weighted by Crippen LogP contribution is -2.03. The molecule has 0 atom stereocenters. The molecule has 0 aliphatic carbocycles. The van der Waals surface area contributed by atoms with Crippen molar-refractivity contribution in [1.29, 1.82) is 0 Å². The zero-order valence-electron chi connectivity index (χ0n) is 9.45. The van der Waals surface area contributed by atoms with Gasteiger partial charge in [0.1, 0.15) is 0 Å². The summed E-state index contributed by atoms with van der Waals surface area (Å²) in [6, 6.07) is 1.47.